The predicted octanol–water partition coefficient (Wildman–Crippen LogP) is 1.92. The molecule has 0 saturated heterocycles. The maximum atomic E-state index is 11.1. The third kappa shape index (κ3) is 2.11. The molecule has 15 heavy (non-hydrogen) atoms. The molecule has 1 aliphatic carbocycles. The van der Waals surface area contributed by atoms with Gasteiger partial charge in [0.1, 0.15) is 0 Å². The number of H-pyrrole nitrogens is 1. The Kier molecular flexibility index (Phi) is 2.41. The van der Waals surface area contributed by atoms with Crippen molar-refractivity contribution in [2.45, 2.75) is 40.0 Å². The van der Waals surface area contributed by atoms with Crippen LogP contribution in [0.2, 0.25) is 0 Å². The van der Waals surface area contributed by atoms with E-state index >= 15 is 0 Å². The fourth-order valence-electron chi connectivity index (χ4n) is 2.28. The fraction of sp³-hybridized carbons (Fsp3) is 0.667. The zero-order chi connectivity index (χ0) is 11.1. The molecule has 1 aromatic rings. The Morgan fingerprint density at radius 1 is 1.47 bits per heavy atom. The number of aromatic amines is 1. The van der Waals surface area contributed by atoms with Crippen LogP contribution < -0.4 is 5.69 Å². The number of fused-ring (bicyclic) bond motifs is 1. The van der Waals surface area contributed by atoms with Crippen molar-refractivity contribution >= 4 is 0 Å². The fourth-order valence-corrected chi connectivity index (χ4v) is 2.28. The van der Waals surface area contributed by atoms with Gasteiger partial charge in [0.05, 0.1) is 0 Å². The van der Waals surface area contributed by atoms with E-state index in [1.165, 1.54) is 5.56 Å². The number of aryl methyl sites for hydroxylation is 1. The molecule has 1 atom stereocenters. The highest BCUT2D eigenvalue weighted by Crippen LogP contribution is 2.35. The van der Waals surface area contributed by atoms with E-state index in [0.29, 0.717) is 11.3 Å². The summed E-state index contributed by atoms with van der Waals surface area (Å²) < 4.78 is 0. The average molecular weight is 206 g/mol. The lowest BCUT2D eigenvalue weighted by molar-refractivity contribution is 0.214. The first-order valence-electron chi connectivity index (χ1n) is 5.54. The summed E-state index contributed by atoms with van der Waals surface area (Å²) in [5, 5.41) is 0. The molecule has 1 aromatic heterocycles. The monoisotopic (exact) mass is 206 g/mol. The maximum Gasteiger partial charge on any atom is 0.345 e. The van der Waals surface area contributed by atoms with Gasteiger partial charge in [-0.05, 0) is 36.2 Å². The zero-order valence-corrected chi connectivity index (χ0v) is 9.63. The number of rotatable bonds is 0. The Hall–Kier alpha value is -1.12. The summed E-state index contributed by atoms with van der Waals surface area (Å²) in [6.07, 6.45) is 4.93. The quantitative estimate of drug-likeness (QED) is 0.705. The van der Waals surface area contributed by atoms with Crippen LogP contribution in [0.1, 0.15) is 38.4 Å². The van der Waals surface area contributed by atoms with E-state index in [1.54, 1.807) is 6.20 Å². The third-order valence-electron chi connectivity index (χ3n) is 3.42. The average Bonchev–Trinajstić information content (AvgIpc) is 2.15. The van der Waals surface area contributed by atoms with E-state index < -0.39 is 0 Å². The molecule has 0 spiro atoms. The van der Waals surface area contributed by atoms with Crippen LogP contribution in [0.4, 0.5) is 0 Å². The van der Waals surface area contributed by atoms with Crippen LogP contribution in [0.25, 0.3) is 0 Å². The van der Waals surface area contributed by atoms with Gasteiger partial charge >= 0.3 is 5.69 Å². The minimum atomic E-state index is -0.219. The molecule has 3 heteroatoms. The van der Waals surface area contributed by atoms with Crippen molar-refractivity contribution in [3.63, 3.8) is 0 Å². The van der Waals surface area contributed by atoms with Crippen molar-refractivity contribution in [2.24, 2.45) is 11.3 Å². The van der Waals surface area contributed by atoms with E-state index in [0.717, 1.165) is 25.0 Å². The molecule has 3 nitrogen and oxygen atoms in total. The minimum Gasteiger partial charge on any atom is -0.310 e. The summed E-state index contributed by atoms with van der Waals surface area (Å²) in [6.45, 7) is 6.84. The number of aromatic nitrogens is 2. The molecule has 0 fully saturated rings. The van der Waals surface area contributed by atoms with Gasteiger partial charge in [0, 0.05) is 11.9 Å². The first kappa shape index (κ1) is 10.4. The topological polar surface area (TPSA) is 45.8 Å². The van der Waals surface area contributed by atoms with Crippen LogP contribution in [-0.4, -0.2) is 9.97 Å². The third-order valence-corrected chi connectivity index (χ3v) is 3.42. The van der Waals surface area contributed by atoms with Gasteiger partial charge < -0.3 is 4.98 Å². The molecule has 0 radical (unpaired) electrons. The van der Waals surface area contributed by atoms with Gasteiger partial charge in [0.2, 0.25) is 0 Å². The highest BCUT2D eigenvalue weighted by Gasteiger charge is 2.28. The summed E-state index contributed by atoms with van der Waals surface area (Å²) in [7, 11) is 0. The van der Waals surface area contributed by atoms with Crippen LogP contribution in [-0.2, 0) is 12.8 Å². The second-order valence-electron chi connectivity index (χ2n) is 5.50. The number of hydrogen-bond acceptors (Lipinski definition) is 2. The Bertz CT molecular complexity index is 414. The van der Waals surface area contributed by atoms with E-state index in [-0.39, 0.29) is 5.69 Å². The molecule has 1 N–H and O–H groups in total. The van der Waals surface area contributed by atoms with Gasteiger partial charge in [0.25, 0.3) is 0 Å². The lowest BCUT2D eigenvalue weighted by atomic mass is 9.72. The Labute approximate surface area is 89.9 Å². The molecular formula is C12H18N2O. The van der Waals surface area contributed by atoms with Crippen molar-refractivity contribution < 1.29 is 0 Å². The summed E-state index contributed by atoms with van der Waals surface area (Å²) in [5.41, 5.74) is 2.44. The Morgan fingerprint density at radius 2 is 2.20 bits per heavy atom. The normalized spacial score (nSPS) is 21.1. The minimum absolute atomic E-state index is 0.219. The van der Waals surface area contributed by atoms with Crippen LogP contribution in [0.15, 0.2) is 11.0 Å². The Balaban J connectivity index is 2.28. The second kappa shape index (κ2) is 3.47. The largest absolute Gasteiger partial charge is 0.345 e. The first-order valence-corrected chi connectivity index (χ1v) is 5.54. The lowest BCUT2D eigenvalue weighted by Gasteiger charge is -2.34. The highest BCUT2D eigenvalue weighted by molar-refractivity contribution is 5.20. The van der Waals surface area contributed by atoms with E-state index in [4.69, 9.17) is 0 Å². The van der Waals surface area contributed by atoms with Crippen LogP contribution >= 0.6 is 0 Å². The molecule has 1 unspecified atom stereocenters. The zero-order valence-electron chi connectivity index (χ0n) is 9.63. The summed E-state index contributed by atoms with van der Waals surface area (Å²) in [6, 6.07) is 0. The summed E-state index contributed by atoms with van der Waals surface area (Å²) in [4.78, 5) is 17.7. The molecule has 1 aliphatic rings. The van der Waals surface area contributed by atoms with Crippen LogP contribution in [0.5, 0.6) is 0 Å². The van der Waals surface area contributed by atoms with Crippen molar-refractivity contribution in [3.8, 4) is 0 Å². The van der Waals surface area contributed by atoms with Gasteiger partial charge in [-0.3, -0.25) is 0 Å². The molecular weight excluding hydrogens is 188 g/mol. The lowest BCUT2D eigenvalue weighted by Crippen LogP contribution is -2.29. The Morgan fingerprint density at radius 3 is 2.87 bits per heavy atom. The van der Waals surface area contributed by atoms with Crippen LogP contribution in [0, 0.1) is 11.3 Å². The summed E-state index contributed by atoms with van der Waals surface area (Å²) in [5.74, 6) is 0.692. The molecule has 0 bridgehead atoms. The van der Waals surface area contributed by atoms with Gasteiger partial charge in [-0.25, -0.2) is 9.78 Å². The second-order valence-corrected chi connectivity index (χ2v) is 5.50. The molecule has 1 heterocycles. The standard InChI is InChI=1S/C12H18N2O/c1-12(2,3)9-4-5-10-8(6-9)7-13-11(15)14-10/h7,9H,4-6H2,1-3H3,(H,13,14,15). The number of nitrogens with one attached hydrogen (secondary N) is 1. The van der Waals surface area contributed by atoms with Crippen molar-refractivity contribution in [2.75, 3.05) is 0 Å². The summed E-state index contributed by atoms with van der Waals surface area (Å²) >= 11 is 0. The van der Waals surface area contributed by atoms with Crippen molar-refractivity contribution in [1.82, 2.24) is 9.97 Å². The number of hydrogen-bond donors (Lipinski definition) is 1. The molecule has 0 aromatic carbocycles. The van der Waals surface area contributed by atoms with Crippen molar-refractivity contribution in [1.29, 1.82) is 0 Å². The molecule has 82 valence electrons. The van der Waals surface area contributed by atoms with Gasteiger partial charge in [-0.15, -0.1) is 0 Å². The molecule has 2 rings (SSSR count). The molecule has 0 saturated carbocycles. The number of nitrogens with zero attached hydrogens (tertiary/aromatic N) is 1. The first-order chi connectivity index (χ1) is 6.97. The molecule has 0 aliphatic heterocycles. The maximum absolute atomic E-state index is 11.1. The van der Waals surface area contributed by atoms with E-state index in [2.05, 4.69) is 30.7 Å². The van der Waals surface area contributed by atoms with E-state index in [1.807, 2.05) is 0 Å². The van der Waals surface area contributed by atoms with Gasteiger partial charge in [-0.2, -0.15) is 0 Å². The van der Waals surface area contributed by atoms with Gasteiger partial charge in [0.15, 0.2) is 0 Å². The van der Waals surface area contributed by atoms with Gasteiger partial charge in [-0.1, -0.05) is 20.8 Å². The predicted molar refractivity (Wildman–Crippen MR) is 59.8 cm³/mol. The molecule has 0 amide bonds. The highest BCUT2D eigenvalue weighted by atomic mass is 16.1. The SMILES string of the molecule is CC(C)(C)C1CCc2[nH]c(=O)ncc2C1. The van der Waals surface area contributed by atoms with E-state index in [9.17, 15) is 4.79 Å². The smallest absolute Gasteiger partial charge is 0.310 e. The van der Waals surface area contributed by atoms with Crippen molar-refractivity contribution in [3.05, 3.63) is 27.9 Å². The van der Waals surface area contributed by atoms with Crippen LogP contribution in [0.3, 0.4) is 0 Å².